The van der Waals surface area contributed by atoms with Gasteiger partial charge in [-0.1, -0.05) is 24.4 Å². The largest absolute Gasteiger partial charge is 0.493 e. The second-order valence-electron chi connectivity index (χ2n) is 5.10. The predicted octanol–water partition coefficient (Wildman–Crippen LogP) is 3.42. The van der Waals surface area contributed by atoms with Crippen LogP contribution in [-0.4, -0.2) is 20.3 Å². The van der Waals surface area contributed by atoms with Gasteiger partial charge in [0.15, 0.2) is 11.5 Å². The number of hydrogen-bond acceptors (Lipinski definition) is 3. The number of rotatable bonds is 6. The van der Waals surface area contributed by atoms with E-state index in [2.05, 4.69) is 0 Å². The van der Waals surface area contributed by atoms with Crippen LogP contribution in [0.5, 0.6) is 11.5 Å². The smallest absolute Gasteiger partial charge is 0.164 e. The summed E-state index contributed by atoms with van der Waals surface area (Å²) in [5.74, 6) is 2.18. The van der Waals surface area contributed by atoms with E-state index in [0.29, 0.717) is 23.2 Å². The predicted molar refractivity (Wildman–Crippen MR) is 78.2 cm³/mol. The molecule has 0 aromatic heterocycles. The van der Waals surface area contributed by atoms with Gasteiger partial charge in [0.05, 0.1) is 13.7 Å². The lowest BCUT2D eigenvalue weighted by Crippen LogP contribution is -2.11. The fourth-order valence-electron chi connectivity index (χ4n) is 2.66. The van der Waals surface area contributed by atoms with Crippen LogP contribution in [0.25, 0.3) is 0 Å². The summed E-state index contributed by atoms with van der Waals surface area (Å²) < 4.78 is 11.4. The van der Waals surface area contributed by atoms with Crippen LogP contribution in [0, 0.1) is 5.92 Å². The summed E-state index contributed by atoms with van der Waals surface area (Å²) >= 11 is 6.09. The van der Waals surface area contributed by atoms with Crippen LogP contribution in [0.2, 0.25) is 5.02 Å². The van der Waals surface area contributed by atoms with E-state index in [1.807, 2.05) is 6.07 Å². The summed E-state index contributed by atoms with van der Waals surface area (Å²) in [6.07, 6.45) is 5.92. The molecule has 4 heteroatoms. The highest BCUT2D eigenvalue weighted by Gasteiger charge is 2.18. The lowest BCUT2D eigenvalue weighted by atomic mass is 10.1. The van der Waals surface area contributed by atoms with E-state index in [4.69, 9.17) is 26.8 Å². The lowest BCUT2D eigenvalue weighted by Gasteiger charge is -2.17. The molecule has 0 bridgehead atoms. The first-order valence-electron chi connectivity index (χ1n) is 6.94. The van der Waals surface area contributed by atoms with Crippen LogP contribution in [0.15, 0.2) is 12.1 Å². The number of nitrogens with two attached hydrogens (primary N) is 1. The van der Waals surface area contributed by atoms with E-state index >= 15 is 0 Å². The summed E-state index contributed by atoms with van der Waals surface area (Å²) in [5, 5.41) is 0.661. The molecule has 0 atom stereocenters. The number of ether oxygens (including phenoxy) is 2. The SMILES string of the molecule is COc1cc(Cl)cc(CCN)c1OCC1CCCC1. The molecule has 0 spiro atoms. The van der Waals surface area contributed by atoms with Gasteiger partial charge < -0.3 is 15.2 Å². The minimum absolute atomic E-state index is 0.573. The summed E-state index contributed by atoms with van der Waals surface area (Å²) in [5.41, 5.74) is 6.68. The van der Waals surface area contributed by atoms with Crippen molar-refractivity contribution in [1.29, 1.82) is 0 Å². The molecule has 0 radical (unpaired) electrons. The molecule has 1 aliphatic rings. The van der Waals surface area contributed by atoms with Gasteiger partial charge in [0.1, 0.15) is 0 Å². The van der Waals surface area contributed by atoms with Gasteiger partial charge >= 0.3 is 0 Å². The van der Waals surface area contributed by atoms with Crippen LogP contribution in [-0.2, 0) is 6.42 Å². The Labute approximate surface area is 120 Å². The minimum atomic E-state index is 0.573. The van der Waals surface area contributed by atoms with E-state index in [0.717, 1.165) is 24.3 Å². The quantitative estimate of drug-likeness (QED) is 0.870. The average Bonchev–Trinajstić information content (AvgIpc) is 2.90. The topological polar surface area (TPSA) is 44.5 Å². The second kappa shape index (κ2) is 7.01. The van der Waals surface area contributed by atoms with E-state index in [1.54, 1.807) is 13.2 Å². The Kier molecular flexibility index (Phi) is 5.34. The van der Waals surface area contributed by atoms with E-state index < -0.39 is 0 Å². The van der Waals surface area contributed by atoms with Gasteiger partial charge in [0.2, 0.25) is 0 Å². The average molecular weight is 284 g/mol. The monoisotopic (exact) mass is 283 g/mol. The molecule has 0 aliphatic heterocycles. The molecule has 1 saturated carbocycles. The highest BCUT2D eigenvalue weighted by molar-refractivity contribution is 6.30. The Hall–Kier alpha value is -0.930. The Morgan fingerprint density at radius 3 is 2.68 bits per heavy atom. The normalized spacial score (nSPS) is 15.7. The van der Waals surface area contributed by atoms with Gasteiger partial charge in [0.25, 0.3) is 0 Å². The van der Waals surface area contributed by atoms with Crippen LogP contribution >= 0.6 is 11.6 Å². The molecule has 1 fully saturated rings. The fraction of sp³-hybridized carbons (Fsp3) is 0.600. The molecule has 2 N–H and O–H groups in total. The van der Waals surface area contributed by atoms with E-state index in [1.165, 1.54) is 25.7 Å². The Morgan fingerprint density at radius 1 is 1.32 bits per heavy atom. The number of methoxy groups -OCH3 is 1. The van der Waals surface area contributed by atoms with Crippen molar-refractivity contribution in [2.24, 2.45) is 11.7 Å². The molecule has 2 rings (SSSR count). The van der Waals surface area contributed by atoms with Crippen LogP contribution in [0.4, 0.5) is 0 Å². The van der Waals surface area contributed by atoms with Crippen molar-refractivity contribution >= 4 is 11.6 Å². The maximum atomic E-state index is 6.09. The molecular weight excluding hydrogens is 262 g/mol. The number of benzene rings is 1. The van der Waals surface area contributed by atoms with Crippen molar-refractivity contribution in [1.82, 2.24) is 0 Å². The molecule has 106 valence electrons. The van der Waals surface area contributed by atoms with Crippen molar-refractivity contribution in [3.63, 3.8) is 0 Å². The molecule has 1 aliphatic carbocycles. The third-order valence-electron chi connectivity index (χ3n) is 3.67. The number of hydrogen-bond donors (Lipinski definition) is 1. The highest BCUT2D eigenvalue weighted by atomic mass is 35.5. The first-order valence-corrected chi connectivity index (χ1v) is 7.31. The van der Waals surface area contributed by atoms with Crippen molar-refractivity contribution in [2.45, 2.75) is 32.1 Å². The molecule has 1 aromatic rings. The molecule has 0 heterocycles. The minimum Gasteiger partial charge on any atom is -0.493 e. The molecule has 0 unspecified atom stereocenters. The lowest BCUT2D eigenvalue weighted by molar-refractivity contribution is 0.238. The summed E-state index contributed by atoms with van der Waals surface area (Å²) in [7, 11) is 1.64. The van der Waals surface area contributed by atoms with Gasteiger partial charge in [0, 0.05) is 16.7 Å². The third-order valence-corrected chi connectivity index (χ3v) is 3.89. The number of halogens is 1. The Bertz CT molecular complexity index is 417. The van der Waals surface area contributed by atoms with Gasteiger partial charge in [-0.2, -0.15) is 0 Å². The molecule has 0 saturated heterocycles. The van der Waals surface area contributed by atoms with Gasteiger partial charge in [-0.3, -0.25) is 0 Å². The van der Waals surface area contributed by atoms with Crippen LogP contribution in [0.1, 0.15) is 31.2 Å². The Balaban J connectivity index is 2.14. The van der Waals surface area contributed by atoms with E-state index in [9.17, 15) is 0 Å². The first kappa shape index (κ1) is 14.5. The van der Waals surface area contributed by atoms with Crippen molar-refractivity contribution in [2.75, 3.05) is 20.3 Å². The van der Waals surface area contributed by atoms with Crippen LogP contribution in [0.3, 0.4) is 0 Å². The fourth-order valence-corrected chi connectivity index (χ4v) is 2.89. The first-order chi connectivity index (χ1) is 9.24. The Morgan fingerprint density at radius 2 is 2.05 bits per heavy atom. The second-order valence-corrected chi connectivity index (χ2v) is 5.53. The standard InChI is InChI=1S/C15H22ClNO2/c1-18-14-9-13(16)8-12(6-7-17)15(14)19-10-11-4-2-3-5-11/h8-9,11H,2-7,10,17H2,1H3. The van der Waals surface area contributed by atoms with Crippen molar-refractivity contribution < 1.29 is 9.47 Å². The maximum Gasteiger partial charge on any atom is 0.164 e. The summed E-state index contributed by atoms with van der Waals surface area (Å²) in [6, 6.07) is 3.71. The summed E-state index contributed by atoms with van der Waals surface area (Å²) in [6.45, 7) is 1.33. The van der Waals surface area contributed by atoms with Crippen molar-refractivity contribution in [3.8, 4) is 11.5 Å². The van der Waals surface area contributed by atoms with Gasteiger partial charge in [-0.15, -0.1) is 0 Å². The van der Waals surface area contributed by atoms with Crippen LogP contribution < -0.4 is 15.2 Å². The third kappa shape index (κ3) is 3.77. The van der Waals surface area contributed by atoms with E-state index in [-0.39, 0.29) is 0 Å². The van der Waals surface area contributed by atoms with Gasteiger partial charge in [-0.25, -0.2) is 0 Å². The molecular formula is C15H22ClNO2. The zero-order valence-electron chi connectivity index (χ0n) is 11.5. The van der Waals surface area contributed by atoms with Gasteiger partial charge in [-0.05, 0) is 37.8 Å². The molecule has 19 heavy (non-hydrogen) atoms. The van der Waals surface area contributed by atoms with Crippen molar-refractivity contribution in [3.05, 3.63) is 22.7 Å². The zero-order valence-corrected chi connectivity index (χ0v) is 12.2. The highest BCUT2D eigenvalue weighted by Crippen LogP contribution is 2.36. The molecule has 3 nitrogen and oxygen atoms in total. The maximum absolute atomic E-state index is 6.09. The molecule has 0 amide bonds. The zero-order chi connectivity index (χ0) is 13.7. The summed E-state index contributed by atoms with van der Waals surface area (Å²) in [4.78, 5) is 0. The molecule has 1 aromatic carbocycles.